The maximum atomic E-state index is 12.5. The summed E-state index contributed by atoms with van der Waals surface area (Å²) >= 11 is 0. The van der Waals surface area contributed by atoms with Crippen LogP contribution < -0.4 is 5.32 Å². The Hall–Kier alpha value is -3.41. The van der Waals surface area contributed by atoms with E-state index in [9.17, 15) is 14.9 Å². The molecule has 6 heteroatoms. The Bertz CT molecular complexity index is 969. The Morgan fingerprint density at radius 2 is 1.58 bits per heavy atom. The zero-order valence-corrected chi connectivity index (χ0v) is 14.8. The van der Waals surface area contributed by atoms with Gasteiger partial charge in [-0.3, -0.25) is 14.9 Å². The molecule has 1 heterocycles. The molecule has 0 atom stereocenters. The van der Waals surface area contributed by atoms with Crippen LogP contribution >= 0.6 is 0 Å². The van der Waals surface area contributed by atoms with Gasteiger partial charge in [0, 0.05) is 34.8 Å². The summed E-state index contributed by atoms with van der Waals surface area (Å²) in [5.74, 6) is -0.305. The van der Waals surface area contributed by atoms with Crippen molar-refractivity contribution in [2.75, 3.05) is 5.32 Å². The number of anilines is 1. The molecule has 0 bridgehead atoms. The van der Waals surface area contributed by atoms with Gasteiger partial charge in [-0.25, -0.2) is 0 Å². The Kier molecular flexibility index (Phi) is 4.58. The van der Waals surface area contributed by atoms with Crippen molar-refractivity contribution in [3.05, 3.63) is 87.2 Å². The molecule has 1 N–H and O–H groups in total. The predicted molar refractivity (Wildman–Crippen MR) is 101 cm³/mol. The molecule has 6 nitrogen and oxygen atoms in total. The second-order valence-corrected chi connectivity index (χ2v) is 6.21. The zero-order valence-electron chi connectivity index (χ0n) is 14.8. The number of non-ortho nitro benzene ring substituents is 1. The van der Waals surface area contributed by atoms with Gasteiger partial charge in [0.05, 0.1) is 10.6 Å². The van der Waals surface area contributed by atoms with E-state index in [1.54, 1.807) is 25.1 Å². The van der Waals surface area contributed by atoms with Crippen LogP contribution in [-0.4, -0.2) is 15.4 Å². The summed E-state index contributed by atoms with van der Waals surface area (Å²) in [6.07, 6.45) is 0. The molecule has 1 aromatic heterocycles. The monoisotopic (exact) mass is 349 g/mol. The van der Waals surface area contributed by atoms with Crippen molar-refractivity contribution in [2.24, 2.45) is 0 Å². The summed E-state index contributed by atoms with van der Waals surface area (Å²) in [6.45, 7) is 5.84. The fourth-order valence-corrected chi connectivity index (χ4v) is 2.89. The quantitative estimate of drug-likeness (QED) is 0.554. The molecule has 0 unspecified atom stereocenters. The minimum absolute atomic E-state index is 0.0557. The number of carbonyl (C=O) groups excluding carboxylic acids is 1. The highest BCUT2D eigenvalue weighted by atomic mass is 16.6. The van der Waals surface area contributed by atoms with E-state index < -0.39 is 4.92 Å². The van der Waals surface area contributed by atoms with Gasteiger partial charge in [0.1, 0.15) is 0 Å². The number of rotatable bonds is 4. The molecule has 0 aliphatic carbocycles. The van der Waals surface area contributed by atoms with E-state index in [4.69, 9.17) is 0 Å². The third-order valence-electron chi connectivity index (χ3n) is 4.34. The lowest BCUT2D eigenvalue weighted by Gasteiger charge is -2.11. The van der Waals surface area contributed by atoms with Gasteiger partial charge < -0.3 is 9.88 Å². The fourth-order valence-electron chi connectivity index (χ4n) is 2.89. The average Bonchev–Trinajstić information content (AvgIpc) is 2.95. The van der Waals surface area contributed by atoms with Gasteiger partial charge >= 0.3 is 0 Å². The fraction of sp³-hybridized carbons (Fsp3) is 0.150. The first kappa shape index (κ1) is 17.4. The minimum atomic E-state index is -0.481. The SMILES string of the molecule is Cc1ccc([N+](=O)[O-])cc1NC(=O)c1ccc(-n2c(C)ccc2C)cc1. The third kappa shape index (κ3) is 3.35. The van der Waals surface area contributed by atoms with Crippen molar-refractivity contribution in [3.8, 4) is 5.69 Å². The first-order valence-electron chi connectivity index (χ1n) is 8.18. The van der Waals surface area contributed by atoms with Crippen LogP contribution in [0.25, 0.3) is 5.69 Å². The largest absolute Gasteiger partial charge is 0.321 e. The number of amides is 1. The Balaban J connectivity index is 1.83. The van der Waals surface area contributed by atoms with E-state index in [-0.39, 0.29) is 11.6 Å². The molecule has 0 fully saturated rings. The minimum Gasteiger partial charge on any atom is -0.321 e. The lowest BCUT2D eigenvalue weighted by atomic mass is 10.1. The number of nitrogens with zero attached hydrogens (tertiary/aromatic N) is 2. The molecular formula is C20H19N3O3. The van der Waals surface area contributed by atoms with E-state index in [1.807, 2.05) is 38.1 Å². The van der Waals surface area contributed by atoms with Crippen molar-refractivity contribution in [1.29, 1.82) is 0 Å². The van der Waals surface area contributed by atoms with Crippen molar-refractivity contribution >= 4 is 17.3 Å². The number of aryl methyl sites for hydroxylation is 3. The average molecular weight is 349 g/mol. The van der Waals surface area contributed by atoms with Crippen molar-refractivity contribution in [3.63, 3.8) is 0 Å². The second-order valence-electron chi connectivity index (χ2n) is 6.21. The molecular weight excluding hydrogens is 330 g/mol. The summed E-state index contributed by atoms with van der Waals surface area (Å²) < 4.78 is 2.10. The number of aromatic nitrogens is 1. The molecule has 0 spiro atoms. The summed E-state index contributed by atoms with van der Waals surface area (Å²) in [4.78, 5) is 22.9. The number of nitro groups is 1. The maximum absolute atomic E-state index is 12.5. The van der Waals surface area contributed by atoms with Crippen LogP contribution in [0.2, 0.25) is 0 Å². The highest BCUT2D eigenvalue weighted by molar-refractivity contribution is 6.04. The van der Waals surface area contributed by atoms with Crippen molar-refractivity contribution < 1.29 is 9.72 Å². The summed E-state index contributed by atoms with van der Waals surface area (Å²) in [5.41, 5.74) is 4.85. The third-order valence-corrected chi connectivity index (χ3v) is 4.34. The van der Waals surface area contributed by atoms with Crippen LogP contribution in [0.1, 0.15) is 27.3 Å². The first-order valence-corrected chi connectivity index (χ1v) is 8.18. The van der Waals surface area contributed by atoms with E-state index in [2.05, 4.69) is 9.88 Å². The molecule has 0 aliphatic rings. The van der Waals surface area contributed by atoms with Crippen LogP contribution in [0.4, 0.5) is 11.4 Å². The van der Waals surface area contributed by atoms with E-state index in [1.165, 1.54) is 12.1 Å². The van der Waals surface area contributed by atoms with Crippen LogP contribution in [-0.2, 0) is 0 Å². The molecule has 0 radical (unpaired) electrons. The number of nitrogens with one attached hydrogen (secondary N) is 1. The summed E-state index contributed by atoms with van der Waals surface area (Å²) in [5, 5.41) is 13.7. The lowest BCUT2D eigenvalue weighted by Crippen LogP contribution is -2.13. The molecule has 26 heavy (non-hydrogen) atoms. The van der Waals surface area contributed by atoms with E-state index in [0.717, 1.165) is 22.6 Å². The van der Waals surface area contributed by atoms with Crippen molar-refractivity contribution in [1.82, 2.24) is 4.57 Å². The predicted octanol–water partition coefficient (Wildman–Crippen LogP) is 4.56. The van der Waals surface area contributed by atoms with Crippen LogP contribution in [0.15, 0.2) is 54.6 Å². The lowest BCUT2D eigenvalue weighted by molar-refractivity contribution is -0.384. The standard InChI is InChI=1S/C20H19N3O3/c1-13-4-9-18(23(25)26)12-19(13)21-20(24)16-7-10-17(11-8-16)22-14(2)5-6-15(22)3/h4-12H,1-3H3,(H,21,24). The van der Waals surface area contributed by atoms with Gasteiger partial charge in [0.2, 0.25) is 0 Å². The van der Waals surface area contributed by atoms with E-state index >= 15 is 0 Å². The molecule has 3 rings (SSSR count). The van der Waals surface area contributed by atoms with Gasteiger partial charge in [-0.1, -0.05) is 6.07 Å². The van der Waals surface area contributed by atoms with Gasteiger partial charge in [-0.15, -0.1) is 0 Å². The van der Waals surface area contributed by atoms with Gasteiger partial charge in [0.15, 0.2) is 0 Å². The molecule has 0 aliphatic heterocycles. The van der Waals surface area contributed by atoms with Crippen LogP contribution in [0, 0.1) is 30.9 Å². The zero-order chi connectivity index (χ0) is 18.8. The number of benzene rings is 2. The van der Waals surface area contributed by atoms with Crippen LogP contribution in [0.3, 0.4) is 0 Å². The number of nitro benzene ring substituents is 1. The summed E-state index contributed by atoms with van der Waals surface area (Å²) in [6, 6.07) is 15.8. The number of carbonyl (C=O) groups is 1. The molecule has 0 saturated carbocycles. The molecule has 132 valence electrons. The maximum Gasteiger partial charge on any atom is 0.271 e. The second kappa shape index (κ2) is 6.84. The first-order chi connectivity index (χ1) is 12.4. The number of hydrogen-bond donors (Lipinski definition) is 1. The molecule has 3 aromatic rings. The molecule has 2 aromatic carbocycles. The van der Waals surface area contributed by atoms with Gasteiger partial charge in [-0.2, -0.15) is 0 Å². The Morgan fingerprint density at radius 1 is 0.962 bits per heavy atom. The van der Waals surface area contributed by atoms with Crippen LogP contribution in [0.5, 0.6) is 0 Å². The summed E-state index contributed by atoms with van der Waals surface area (Å²) in [7, 11) is 0. The topological polar surface area (TPSA) is 77.2 Å². The van der Waals surface area contributed by atoms with Gasteiger partial charge in [-0.05, 0) is 62.7 Å². The Labute approximate surface area is 151 Å². The Morgan fingerprint density at radius 3 is 2.15 bits per heavy atom. The molecule has 1 amide bonds. The normalized spacial score (nSPS) is 10.6. The smallest absolute Gasteiger partial charge is 0.271 e. The van der Waals surface area contributed by atoms with Gasteiger partial charge in [0.25, 0.3) is 11.6 Å². The molecule has 0 saturated heterocycles. The highest BCUT2D eigenvalue weighted by Crippen LogP contribution is 2.23. The number of hydrogen-bond acceptors (Lipinski definition) is 3. The highest BCUT2D eigenvalue weighted by Gasteiger charge is 2.13. The van der Waals surface area contributed by atoms with Crippen molar-refractivity contribution in [2.45, 2.75) is 20.8 Å². The van der Waals surface area contributed by atoms with E-state index in [0.29, 0.717) is 11.3 Å².